The maximum Gasteiger partial charge on any atom is 0.234 e. The molecule has 0 aliphatic carbocycles. The minimum absolute atomic E-state index is 0.132. The number of amides is 1. The van der Waals surface area contributed by atoms with E-state index in [1.54, 1.807) is 24.3 Å². The Morgan fingerprint density at radius 3 is 2.67 bits per heavy atom. The molecule has 1 amide bonds. The summed E-state index contributed by atoms with van der Waals surface area (Å²) in [5.74, 6) is -0.413. The molecular formula is C18H19Cl2FN2O. The fourth-order valence-corrected chi connectivity index (χ4v) is 3.04. The fraction of sp³-hybridized carbons (Fsp3) is 0.278. The Kier molecular flexibility index (Phi) is 6.60. The highest BCUT2D eigenvalue weighted by molar-refractivity contribution is 6.35. The third kappa shape index (κ3) is 5.48. The second-order valence-electron chi connectivity index (χ2n) is 5.76. The first kappa shape index (κ1) is 18.7. The van der Waals surface area contributed by atoms with Crippen LogP contribution in [0.1, 0.15) is 24.1 Å². The molecule has 0 heterocycles. The summed E-state index contributed by atoms with van der Waals surface area (Å²) in [6.45, 7) is 2.55. The highest BCUT2D eigenvalue weighted by atomic mass is 35.5. The molecule has 0 unspecified atom stereocenters. The lowest BCUT2D eigenvalue weighted by molar-refractivity contribution is -0.122. The van der Waals surface area contributed by atoms with Crippen LogP contribution in [0.4, 0.5) is 4.39 Å². The van der Waals surface area contributed by atoms with E-state index in [0.717, 1.165) is 11.1 Å². The van der Waals surface area contributed by atoms with Crippen LogP contribution in [0, 0.1) is 5.82 Å². The van der Waals surface area contributed by atoms with E-state index in [4.69, 9.17) is 23.2 Å². The number of hydrogen-bond donors (Lipinski definition) is 1. The van der Waals surface area contributed by atoms with Crippen molar-refractivity contribution in [2.24, 2.45) is 0 Å². The van der Waals surface area contributed by atoms with E-state index < -0.39 is 0 Å². The Balaban J connectivity index is 1.90. The van der Waals surface area contributed by atoms with Gasteiger partial charge in [-0.1, -0.05) is 41.4 Å². The second-order valence-corrected chi connectivity index (χ2v) is 6.60. The number of rotatable bonds is 6. The summed E-state index contributed by atoms with van der Waals surface area (Å²) in [5.41, 5.74) is 1.63. The highest BCUT2D eigenvalue weighted by Gasteiger charge is 2.14. The fourth-order valence-electron chi connectivity index (χ4n) is 2.47. The van der Waals surface area contributed by atoms with Gasteiger partial charge in [0.1, 0.15) is 5.82 Å². The number of nitrogens with one attached hydrogen (secondary N) is 1. The molecule has 1 N–H and O–H groups in total. The van der Waals surface area contributed by atoms with Crippen LogP contribution in [0.15, 0.2) is 42.5 Å². The quantitative estimate of drug-likeness (QED) is 0.817. The average molecular weight is 369 g/mol. The van der Waals surface area contributed by atoms with Crippen LogP contribution in [0.25, 0.3) is 0 Å². The molecule has 0 bridgehead atoms. The van der Waals surface area contributed by atoms with Gasteiger partial charge in [-0.25, -0.2) is 4.39 Å². The molecule has 2 aromatic rings. The molecule has 128 valence electrons. The summed E-state index contributed by atoms with van der Waals surface area (Å²) in [4.78, 5) is 14.0. The van der Waals surface area contributed by atoms with Crippen molar-refractivity contribution in [3.8, 4) is 0 Å². The normalized spacial score (nSPS) is 12.2. The molecule has 0 aliphatic heterocycles. The highest BCUT2D eigenvalue weighted by Crippen LogP contribution is 2.26. The van der Waals surface area contributed by atoms with Gasteiger partial charge in [0.05, 0.1) is 12.6 Å². The van der Waals surface area contributed by atoms with Gasteiger partial charge in [-0.05, 0) is 49.4 Å². The van der Waals surface area contributed by atoms with Crippen molar-refractivity contribution in [3.63, 3.8) is 0 Å². The summed E-state index contributed by atoms with van der Waals surface area (Å²) < 4.78 is 13.2. The Morgan fingerprint density at radius 2 is 2.00 bits per heavy atom. The van der Waals surface area contributed by atoms with Crippen LogP contribution in [0.3, 0.4) is 0 Å². The molecule has 24 heavy (non-hydrogen) atoms. The van der Waals surface area contributed by atoms with Crippen LogP contribution >= 0.6 is 23.2 Å². The maximum absolute atomic E-state index is 13.2. The molecule has 2 aromatic carbocycles. The number of hydrogen-bond acceptors (Lipinski definition) is 2. The molecule has 0 aromatic heterocycles. The van der Waals surface area contributed by atoms with E-state index in [2.05, 4.69) is 5.32 Å². The van der Waals surface area contributed by atoms with Crippen molar-refractivity contribution in [1.29, 1.82) is 0 Å². The smallest absolute Gasteiger partial charge is 0.234 e. The minimum Gasteiger partial charge on any atom is -0.348 e. The van der Waals surface area contributed by atoms with Crippen LogP contribution < -0.4 is 5.32 Å². The molecular weight excluding hydrogens is 350 g/mol. The largest absolute Gasteiger partial charge is 0.348 e. The van der Waals surface area contributed by atoms with Crippen molar-refractivity contribution < 1.29 is 9.18 Å². The summed E-state index contributed by atoms with van der Waals surface area (Å²) in [6, 6.07) is 11.3. The van der Waals surface area contributed by atoms with E-state index in [1.165, 1.54) is 12.1 Å². The molecule has 0 radical (unpaired) electrons. The zero-order valence-corrected chi connectivity index (χ0v) is 15.0. The van der Waals surface area contributed by atoms with Crippen LogP contribution in [0.5, 0.6) is 0 Å². The Morgan fingerprint density at radius 1 is 1.25 bits per heavy atom. The van der Waals surface area contributed by atoms with Crippen molar-refractivity contribution in [2.45, 2.75) is 19.5 Å². The maximum atomic E-state index is 13.2. The molecule has 2 rings (SSSR count). The molecule has 3 nitrogen and oxygen atoms in total. The monoisotopic (exact) mass is 368 g/mol. The van der Waals surface area contributed by atoms with Gasteiger partial charge in [-0.2, -0.15) is 0 Å². The lowest BCUT2D eigenvalue weighted by atomic mass is 10.1. The average Bonchev–Trinajstić information content (AvgIpc) is 2.46. The third-order valence-corrected chi connectivity index (χ3v) is 4.12. The first-order valence-corrected chi connectivity index (χ1v) is 8.28. The Bertz CT molecular complexity index is 724. The van der Waals surface area contributed by atoms with E-state index >= 15 is 0 Å². The van der Waals surface area contributed by atoms with Gasteiger partial charge in [0.15, 0.2) is 0 Å². The van der Waals surface area contributed by atoms with Crippen LogP contribution in [-0.4, -0.2) is 24.4 Å². The summed E-state index contributed by atoms with van der Waals surface area (Å²) in [5, 5.41) is 3.97. The molecule has 0 spiro atoms. The van der Waals surface area contributed by atoms with E-state index in [0.29, 0.717) is 16.6 Å². The van der Waals surface area contributed by atoms with E-state index in [1.807, 2.05) is 24.9 Å². The second kappa shape index (κ2) is 8.47. The molecule has 0 aliphatic rings. The lowest BCUT2D eigenvalue weighted by Gasteiger charge is -2.20. The zero-order chi connectivity index (χ0) is 17.7. The summed E-state index contributed by atoms with van der Waals surface area (Å²) in [6.07, 6.45) is 0. The number of benzene rings is 2. The van der Waals surface area contributed by atoms with Crippen LogP contribution in [0.2, 0.25) is 10.0 Å². The predicted molar refractivity (Wildman–Crippen MR) is 95.8 cm³/mol. The third-order valence-electron chi connectivity index (χ3n) is 3.56. The van der Waals surface area contributed by atoms with Crippen molar-refractivity contribution in [3.05, 3.63) is 69.5 Å². The number of halogens is 3. The topological polar surface area (TPSA) is 32.3 Å². The number of carbonyl (C=O) groups excluding carboxylic acids is 1. The minimum atomic E-state index is -0.281. The van der Waals surface area contributed by atoms with Crippen molar-refractivity contribution in [2.75, 3.05) is 13.6 Å². The van der Waals surface area contributed by atoms with E-state index in [9.17, 15) is 9.18 Å². The Labute approximate surface area is 151 Å². The molecule has 0 saturated carbocycles. The zero-order valence-electron chi connectivity index (χ0n) is 13.5. The van der Waals surface area contributed by atoms with Gasteiger partial charge in [-0.3, -0.25) is 9.69 Å². The molecule has 0 fully saturated rings. The van der Waals surface area contributed by atoms with Gasteiger partial charge in [-0.15, -0.1) is 0 Å². The van der Waals surface area contributed by atoms with Gasteiger partial charge in [0.25, 0.3) is 0 Å². The number of nitrogens with zero attached hydrogens (tertiary/aromatic N) is 1. The van der Waals surface area contributed by atoms with Crippen molar-refractivity contribution >= 4 is 29.1 Å². The number of likely N-dealkylation sites (N-methyl/N-ethyl adjacent to an activating group) is 1. The molecule has 6 heteroatoms. The first-order valence-electron chi connectivity index (χ1n) is 7.52. The first-order chi connectivity index (χ1) is 11.3. The summed E-state index contributed by atoms with van der Waals surface area (Å²) in [7, 11) is 1.81. The lowest BCUT2D eigenvalue weighted by Crippen LogP contribution is -2.36. The van der Waals surface area contributed by atoms with Crippen LogP contribution in [-0.2, 0) is 11.3 Å². The van der Waals surface area contributed by atoms with Gasteiger partial charge >= 0.3 is 0 Å². The van der Waals surface area contributed by atoms with Crippen molar-refractivity contribution in [1.82, 2.24) is 10.2 Å². The standard InChI is InChI=1S/C18H19Cl2FN2O/c1-12(16-7-6-14(19)9-17(16)20)22-18(24)11-23(2)10-13-4-3-5-15(21)8-13/h3-9,12H,10-11H2,1-2H3,(H,22,24)/t12-/m1/s1. The molecule has 0 saturated heterocycles. The molecule has 1 atom stereocenters. The predicted octanol–water partition coefficient (Wildman–Crippen LogP) is 4.44. The van der Waals surface area contributed by atoms with Gasteiger partial charge in [0, 0.05) is 16.6 Å². The number of carbonyl (C=O) groups is 1. The van der Waals surface area contributed by atoms with E-state index in [-0.39, 0.29) is 24.3 Å². The summed E-state index contributed by atoms with van der Waals surface area (Å²) >= 11 is 12.0. The van der Waals surface area contributed by atoms with Gasteiger partial charge < -0.3 is 5.32 Å². The Hall–Kier alpha value is -1.62. The SMILES string of the molecule is C[C@@H](NC(=O)CN(C)Cc1cccc(F)c1)c1ccc(Cl)cc1Cl. The van der Waals surface area contributed by atoms with Gasteiger partial charge in [0.2, 0.25) is 5.91 Å².